The van der Waals surface area contributed by atoms with Crippen molar-refractivity contribution in [2.45, 2.75) is 19.3 Å². The Morgan fingerprint density at radius 1 is 1.22 bits per heavy atom. The summed E-state index contributed by atoms with van der Waals surface area (Å²) < 4.78 is 21.5. The van der Waals surface area contributed by atoms with Crippen molar-refractivity contribution < 1.29 is 28.5 Å². The van der Waals surface area contributed by atoms with Gasteiger partial charge in [0.15, 0.2) is 11.5 Å². The fraction of sp³-hybridized carbons (Fsp3) is 0.217. The van der Waals surface area contributed by atoms with Crippen LogP contribution in [0.2, 0.25) is 5.02 Å². The van der Waals surface area contributed by atoms with Gasteiger partial charge >= 0.3 is 5.63 Å². The smallest absolute Gasteiger partial charge is 0.343 e. The van der Waals surface area contributed by atoms with E-state index in [-0.39, 0.29) is 36.2 Å². The molecule has 0 radical (unpaired) electrons. The van der Waals surface area contributed by atoms with Gasteiger partial charge in [-0.15, -0.1) is 0 Å². The highest BCUT2D eigenvalue weighted by molar-refractivity contribution is 6.30. The van der Waals surface area contributed by atoms with E-state index < -0.39 is 11.5 Å². The van der Waals surface area contributed by atoms with Crippen LogP contribution in [0.25, 0.3) is 0 Å². The summed E-state index contributed by atoms with van der Waals surface area (Å²) in [6.45, 7) is 1.57. The molecule has 3 aromatic rings. The summed E-state index contributed by atoms with van der Waals surface area (Å²) in [6, 6.07) is 11.3. The van der Waals surface area contributed by atoms with Crippen LogP contribution < -0.4 is 25.2 Å². The number of aryl methyl sites for hydroxylation is 1. The maximum atomic E-state index is 12.9. The third kappa shape index (κ3) is 4.36. The molecule has 0 saturated heterocycles. The van der Waals surface area contributed by atoms with Crippen molar-refractivity contribution in [1.82, 2.24) is 0 Å². The number of carbonyl (C=O) groups is 1. The van der Waals surface area contributed by atoms with Crippen molar-refractivity contribution in [3.63, 3.8) is 0 Å². The highest BCUT2D eigenvalue weighted by Crippen LogP contribution is 2.45. The lowest BCUT2D eigenvalue weighted by Crippen LogP contribution is -2.21. The zero-order valence-electron chi connectivity index (χ0n) is 17.3. The van der Waals surface area contributed by atoms with E-state index in [0.717, 1.165) is 0 Å². The second-order valence-corrected chi connectivity index (χ2v) is 7.65. The predicted octanol–water partition coefficient (Wildman–Crippen LogP) is 4.21. The van der Waals surface area contributed by atoms with Crippen molar-refractivity contribution in [1.29, 1.82) is 0 Å². The molecule has 0 aliphatic carbocycles. The van der Waals surface area contributed by atoms with Crippen molar-refractivity contribution in [3.8, 4) is 23.0 Å². The molecule has 1 aromatic heterocycles. The fourth-order valence-corrected chi connectivity index (χ4v) is 3.72. The van der Waals surface area contributed by atoms with E-state index in [1.54, 1.807) is 43.3 Å². The Hall–Kier alpha value is -3.65. The van der Waals surface area contributed by atoms with Crippen LogP contribution in [0.3, 0.4) is 0 Å². The number of amides is 1. The number of anilines is 1. The molecule has 0 spiro atoms. The van der Waals surface area contributed by atoms with Gasteiger partial charge in [-0.25, -0.2) is 4.79 Å². The molecule has 1 aliphatic heterocycles. The number of benzene rings is 2. The van der Waals surface area contributed by atoms with Crippen LogP contribution in [0.4, 0.5) is 5.69 Å². The van der Waals surface area contributed by atoms with Gasteiger partial charge in [-0.3, -0.25) is 4.79 Å². The summed E-state index contributed by atoms with van der Waals surface area (Å²) in [5.74, 6) is -0.00670. The quantitative estimate of drug-likeness (QED) is 0.571. The lowest BCUT2D eigenvalue weighted by atomic mass is 9.88. The van der Waals surface area contributed by atoms with Gasteiger partial charge in [0.25, 0.3) is 0 Å². The lowest BCUT2D eigenvalue weighted by molar-refractivity contribution is -0.116. The van der Waals surface area contributed by atoms with Gasteiger partial charge in [-0.05, 0) is 48.9 Å². The monoisotopic (exact) mass is 457 g/mol. The number of fused-ring (bicyclic) bond motifs is 1. The minimum atomic E-state index is -0.845. The van der Waals surface area contributed by atoms with Crippen molar-refractivity contribution in [3.05, 3.63) is 74.8 Å². The highest BCUT2D eigenvalue weighted by atomic mass is 35.5. The second kappa shape index (κ2) is 8.84. The van der Waals surface area contributed by atoms with Crippen molar-refractivity contribution in [2.75, 3.05) is 19.2 Å². The number of carbonyl (C=O) groups excluding carboxylic acids is 1. The number of aromatic hydroxyl groups is 1. The maximum Gasteiger partial charge on any atom is 0.343 e. The van der Waals surface area contributed by atoms with Gasteiger partial charge in [0.05, 0.1) is 12.7 Å². The summed E-state index contributed by atoms with van der Waals surface area (Å²) in [5.41, 5.74) is 0.289. The van der Waals surface area contributed by atoms with E-state index in [2.05, 4.69) is 5.32 Å². The van der Waals surface area contributed by atoms with Crippen LogP contribution in [0.1, 0.15) is 29.2 Å². The van der Waals surface area contributed by atoms with Gasteiger partial charge in [0, 0.05) is 29.1 Å². The van der Waals surface area contributed by atoms with Crippen molar-refractivity contribution in [2.24, 2.45) is 0 Å². The Kier molecular flexibility index (Phi) is 5.96. The second-order valence-electron chi connectivity index (χ2n) is 7.21. The molecule has 166 valence electrons. The van der Waals surface area contributed by atoms with E-state index in [0.29, 0.717) is 33.5 Å². The Morgan fingerprint density at radius 3 is 2.66 bits per heavy atom. The molecule has 2 heterocycles. The van der Waals surface area contributed by atoms with Crippen LogP contribution in [0, 0.1) is 6.92 Å². The van der Waals surface area contributed by atoms with Crippen LogP contribution in [-0.4, -0.2) is 24.9 Å². The van der Waals surface area contributed by atoms with E-state index >= 15 is 0 Å². The van der Waals surface area contributed by atoms with Gasteiger partial charge in [-0.2, -0.15) is 0 Å². The molecule has 0 unspecified atom stereocenters. The zero-order chi connectivity index (χ0) is 22.8. The normalized spacial score (nSPS) is 13.0. The van der Waals surface area contributed by atoms with Gasteiger partial charge in [0.1, 0.15) is 11.5 Å². The Morgan fingerprint density at radius 2 is 1.97 bits per heavy atom. The summed E-state index contributed by atoms with van der Waals surface area (Å²) in [4.78, 5) is 25.6. The van der Waals surface area contributed by atoms with Crippen LogP contribution in [0.5, 0.6) is 23.0 Å². The lowest BCUT2D eigenvalue weighted by Gasteiger charge is -2.19. The Labute approximate surface area is 188 Å². The molecule has 2 aromatic carbocycles. The van der Waals surface area contributed by atoms with Gasteiger partial charge < -0.3 is 29.1 Å². The van der Waals surface area contributed by atoms with Crippen molar-refractivity contribution >= 4 is 23.2 Å². The van der Waals surface area contributed by atoms with E-state index in [1.807, 2.05) is 0 Å². The molecule has 0 saturated carbocycles. The first-order chi connectivity index (χ1) is 15.4. The molecule has 4 rings (SSSR count). The number of nitrogens with one attached hydrogen (secondary N) is 1. The van der Waals surface area contributed by atoms with E-state index in [4.69, 9.17) is 30.2 Å². The largest absolute Gasteiger partial charge is 0.507 e. The predicted molar refractivity (Wildman–Crippen MR) is 117 cm³/mol. The maximum absolute atomic E-state index is 12.9. The minimum absolute atomic E-state index is 0.0226. The molecule has 1 atom stereocenters. The first kappa shape index (κ1) is 21.6. The Bertz CT molecular complexity index is 1220. The Balaban J connectivity index is 1.75. The molecule has 1 aliphatic rings. The SMILES string of the molecule is COc1cc([C@H](CC(=O)Nc2ccc(Cl)cc2)c2c(O)cc(C)oc2=O)cc2c1OCO2. The number of hydrogen-bond donors (Lipinski definition) is 2. The number of methoxy groups -OCH3 is 1. The molecule has 32 heavy (non-hydrogen) atoms. The highest BCUT2D eigenvalue weighted by Gasteiger charge is 2.29. The fourth-order valence-electron chi connectivity index (χ4n) is 3.59. The van der Waals surface area contributed by atoms with E-state index in [1.165, 1.54) is 13.2 Å². The first-order valence-electron chi connectivity index (χ1n) is 9.72. The average Bonchev–Trinajstić information content (AvgIpc) is 3.22. The third-order valence-electron chi connectivity index (χ3n) is 5.04. The molecule has 0 bridgehead atoms. The number of ether oxygens (including phenoxy) is 3. The van der Waals surface area contributed by atoms with Gasteiger partial charge in [-0.1, -0.05) is 11.6 Å². The average molecular weight is 458 g/mol. The number of hydrogen-bond acceptors (Lipinski definition) is 7. The molecule has 8 nitrogen and oxygen atoms in total. The zero-order valence-corrected chi connectivity index (χ0v) is 18.1. The topological polar surface area (TPSA) is 107 Å². The molecular weight excluding hydrogens is 438 g/mol. The van der Waals surface area contributed by atoms with Crippen LogP contribution in [0.15, 0.2) is 51.7 Å². The summed E-state index contributed by atoms with van der Waals surface area (Å²) in [7, 11) is 1.47. The third-order valence-corrected chi connectivity index (χ3v) is 5.29. The van der Waals surface area contributed by atoms with Crippen LogP contribution in [-0.2, 0) is 4.79 Å². The van der Waals surface area contributed by atoms with Gasteiger partial charge in [0.2, 0.25) is 18.4 Å². The first-order valence-corrected chi connectivity index (χ1v) is 10.1. The molecule has 2 N–H and O–H groups in total. The molecule has 0 fully saturated rings. The standard InChI is InChI=1S/C23H20ClNO7/c1-12-7-17(26)21(23(28)32-12)16(10-20(27)25-15-5-3-14(24)4-6-15)13-8-18(29-2)22-19(9-13)30-11-31-22/h3-9,16,26H,10-11H2,1-2H3,(H,25,27)/t16-/m0/s1. The van der Waals surface area contributed by atoms with E-state index in [9.17, 15) is 14.7 Å². The van der Waals surface area contributed by atoms with Crippen LogP contribution >= 0.6 is 11.6 Å². The number of halogens is 1. The molecular formula is C23H20ClNO7. The number of rotatable bonds is 6. The summed E-state index contributed by atoms with van der Waals surface area (Å²) >= 11 is 5.90. The molecule has 9 heteroatoms. The minimum Gasteiger partial charge on any atom is -0.507 e. The molecule has 1 amide bonds. The summed E-state index contributed by atoms with van der Waals surface area (Å²) in [6.07, 6.45) is -0.160. The summed E-state index contributed by atoms with van der Waals surface area (Å²) in [5, 5.41) is 13.9.